The first-order chi connectivity index (χ1) is 20.5. The first-order valence-corrected chi connectivity index (χ1v) is 17.5. The van der Waals surface area contributed by atoms with Gasteiger partial charge in [0.15, 0.2) is 0 Å². The normalized spacial score (nSPS) is 39.4. The second-order valence-electron chi connectivity index (χ2n) is 13.4. The minimum atomic E-state index is -0.119. The van der Waals surface area contributed by atoms with Crippen LogP contribution in [0.15, 0.2) is 0 Å². The van der Waals surface area contributed by atoms with Gasteiger partial charge in [-0.15, -0.1) is 11.6 Å². The van der Waals surface area contributed by atoms with E-state index < -0.39 is 0 Å². The summed E-state index contributed by atoms with van der Waals surface area (Å²) in [6.07, 6.45) is 12.3. The first-order valence-electron chi connectivity index (χ1n) is 17.1. The van der Waals surface area contributed by atoms with Crippen LogP contribution in [0, 0.1) is 23.2 Å². The van der Waals surface area contributed by atoms with Crippen molar-refractivity contribution in [2.45, 2.75) is 132 Å². The third-order valence-corrected chi connectivity index (χ3v) is 11.0. The number of carbonyl (C=O) groups excluding carboxylic acids is 1. The molecular weight excluding hydrogens is 552 g/mol. The number of ether oxygens (including phenoxy) is 2. The summed E-state index contributed by atoms with van der Waals surface area (Å²) in [6.45, 7) is 8.50. The molecule has 3 heterocycles. The zero-order valence-corrected chi connectivity index (χ0v) is 26.5. The Morgan fingerprint density at radius 3 is 2.64 bits per heavy atom. The van der Waals surface area contributed by atoms with Crippen LogP contribution in [0.4, 0.5) is 0 Å². The lowest BCUT2D eigenvalue weighted by molar-refractivity contribution is -0.124. The molecule has 0 bridgehead atoms. The molecule has 238 valence electrons. The monoisotopic (exact) mass is 606 g/mol. The van der Waals surface area contributed by atoms with Crippen LogP contribution in [-0.4, -0.2) is 105 Å². The van der Waals surface area contributed by atoms with E-state index in [0.29, 0.717) is 25.6 Å². The van der Waals surface area contributed by atoms with Gasteiger partial charge in [-0.2, -0.15) is 5.26 Å². The third-order valence-electron chi connectivity index (χ3n) is 10.5. The van der Waals surface area contributed by atoms with Gasteiger partial charge in [-0.05, 0) is 103 Å². The lowest BCUT2D eigenvalue weighted by Gasteiger charge is -2.50. The first kappa shape index (κ1) is 32.4. The average Bonchev–Trinajstić information content (AvgIpc) is 3.52. The molecule has 2 aliphatic carbocycles. The number of likely N-dealkylation sites (tertiary alicyclic amines) is 1. The van der Waals surface area contributed by atoms with Gasteiger partial charge in [0, 0.05) is 43.7 Å². The number of hydrogen-bond donors (Lipinski definition) is 4. The highest BCUT2D eigenvalue weighted by molar-refractivity contribution is 6.21. The lowest BCUT2D eigenvalue weighted by atomic mass is 9.69. The van der Waals surface area contributed by atoms with E-state index in [1.165, 1.54) is 32.1 Å². The second kappa shape index (κ2) is 16.4. The summed E-state index contributed by atoms with van der Waals surface area (Å²) in [7, 11) is 0. The fourth-order valence-corrected chi connectivity index (χ4v) is 8.62. The number of amides is 1. The molecule has 10 atom stereocenters. The van der Waals surface area contributed by atoms with E-state index >= 15 is 0 Å². The molecule has 3 aliphatic heterocycles. The highest BCUT2D eigenvalue weighted by atomic mass is 35.5. The minimum Gasteiger partial charge on any atom is -0.376 e. The van der Waals surface area contributed by atoms with Crippen LogP contribution in [0.2, 0.25) is 0 Å². The summed E-state index contributed by atoms with van der Waals surface area (Å²) in [5, 5.41) is 24.6. The minimum absolute atomic E-state index is 0.0102. The van der Waals surface area contributed by atoms with Crippen molar-refractivity contribution < 1.29 is 14.3 Å². The van der Waals surface area contributed by atoms with Gasteiger partial charge in [0.1, 0.15) is 0 Å². The Morgan fingerprint density at radius 2 is 1.90 bits per heavy atom. The number of hydrogen-bond acceptors (Lipinski definition) is 8. The third kappa shape index (κ3) is 8.80. The number of piperidine rings is 2. The van der Waals surface area contributed by atoms with Crippen molar-refractivity contribution in [1.82, 2.24) is 26.2 Å². The Bertz CT molecular complexity index is 879. The molecule has 4 N–H and O–H groups in total. The quantitative estimate of drug-likeness (QED) is 0.251. The number of alkyl halides is 1. The maximum absolute atomic E-state index is 13.0. The van der Waals surface area contributed by atoms with Gasteiger partial charge in [0.2, 0.25) is 5.91 Å². The number of rotatable bonds is 12. The summed E-state index contributed by atoms with van der Waals surface area (Å²) in [5.41, 5.74) is 0. The smallest absolute Gasteiger partial charge is 0.220 e. The van der Waals surface area contributed by atoms with Crippen molar-refractivity contribution in [2.75, 3.05) is 45.9 Å². The van der Waals surface area contributed by atoms with E-state index in [1.54, 1.807) is 0 Å². The van der Waals surface area contributed by atoms with E-state index in [2.05, 4.69) is 32.2 Å². The maximum Gasteiger partial charge on any atom is 0.220 e. The van der Waals surface area contributed by atoms with E-state index in [0.717, 1.165) is 71.3 Å². The van der Waals surface area contributed by atoms with Crippen LogP contribution < -0.4 is 21.3 Å². The van der Waals surface area contributed by atoms with Crippen LogP contribution >= 0.6 is 11.6 Å². The Kier molecular flexibility index (Phi) is 12.6. The molecule has 3 saturated heterocycles. The van der Waals surface area contributed by atoms with Crippen LogP contribution in [0.1, 0.15) is 84.0 Å². The van der Waals surface area contributed by atoms with Crippen LogP contribution in [-0.2, 0) is 14.3 Å². The Morgan fingerprint density at radius 1 is 1.05 bits per heavy atom. The molecule has 2 saturated carbocycles. The number of nitrogens with zero attached hydrogens (tertiary/aromatic N) is 2. The molecule has 0 radical (unpaired) electrons. The number of fused-ring (bicyclic) bond motifs is 1. The average molecular weight is 607 g/mol. The number of carbonyl (C=O) groups is 1. The topological polar surface area (TPSA) is 111 Å². The van der Waals surface area contributed by atoms with Crippen LogP contribution in [0.5, 0.6) is 0 Å². The Hall–Kier alpha value is -0.990. The van der Waals surface area contributed by atoms with Gasteiger partial charge in [-0.25, -0.2) is 0 Å². The van der Waals surface area contributed by atoms with Gasteiger partial charge in [-0.3, -0.25) is 4.79 Å². The molecule has 0 spiro atoms. The van der Waals surface area contributed by atoms with Crippen LogP contribution in [0.3, 0.4) is 0 Å². The Labute approximate surface area is 258 Å². The fourth-order valence-electron chi connectivity index (χ4n) is 8.20. The molecule has 5 fully saturated rings. The van der Waals surface area contributed by atoms with E-state index in [4.69, 9.17) is 21.1 Å². The molecule has 42 heavy (non-hydrogen) atoms. The summed E-state index contributed by atoms with van der Waals surface area (Å²) in [4.78, 5) is 15.5. The maximum atomic E-state index is 13.0. The molecular formula is C32H55ClN6O3. The molecule has 9 nitrogen and oxygen atoms in total. The predicted octanol–water partition coefficient (Wildman–Crippen LogP) is 2.92. The molecule has 5 aliphatic rings. The van der Waals surface area contributed by atoms with Gasteiger partial charge in [-0.1, -0.05) is 6.42 Å². The molecule has 5 rings (SSSR count). The zero-order chi connectivity index (χ0) is 29.3. The summed E-state index contributed by atoms with van der Waals surface area (Å²) in [6, 6.07) is 3.60. The van der Waals surface area contributed by atoms with Gasteiger partial charge in [0.05, 0.1) is 42.2 Å². The van der Waals surface area contributed by atoms with Crippen LogP contribution in [0.25, 0.3) is 0 Å². The zero-order valence-electron chi connectivity index (χ0n) is 25.7. The molecule has 10 unspecified atom stereocenters. The van der Waals surface area contributed by atoms with Gasteiger partial charge >= 0.3 is 0 Å². The SMILES string of the molecule is CCOC1CC2NCC(C#N)C(NC3CCC(OCC4CCCCN4)C(Cl)C3)C2CC1NC(=O)CCCN1CCCC1. The van der Waals surface area contributed by atoms with E-state index in [9.17, 15) is 10.1 Å². The molecule has 10 heteroatoms. The van der Waals surface area contributed by atoms with Gasteiger partial charge < -0.3 is 35.6 Å². The van der Waals surface area contributed by atoms with Crippen molar-refractivity contribution >= 4 is 17.5 Å². The Balaban J connectivity index is 1.15. The molecule has 1 amide bonds. The van der Waals surface area contributed by atoms with E-state index in [-0.39, 0.29) is 59.5 Å². The highest BCUT2D eigenvalue weighted by Crippen LogP contribution is 2.36. The van der Waals surface area contributed by atoms with Crippen molar-refractivity contribution in [3.8, 4) is 6.07 Å². The van der Waals surface area contributed by atoms with Crippen molar-refractivity contribution in [3.63, 3.8) is 0 Å². The number of nitriles is 1. The largest absolute Gasteiger partial charge is 0.376 e. The summed E-state index contributed by atoms with van der Waals surface area (Å²) in [5.74, 6) is 0.251. The molecule has 0 aromatic heterocycles. The van der Waals surface area contributed by atoms with E-state index in [1.807, 2.05) is 6.92 Å². The van der Waals surface area contributed by atoms with Crippen molar-refractivity contribution in [3.05, 3.63) is 0 Å². The predicted molar refractivity (Wildman–Crippen MR) is 165 cm³/mol. The van der Waals surface area contributed by atoms with Gasteiger partial charge in [0.25, 0.3) is 0 Å². The summed E-state index contributed by atoms with van der Waals surface area (Å²) < 4.78 is 12.5. The fraction of sp³-hybridized carbons (Fsp3) is 0.938. The number of halogens is 1. The van der Waals surface area contributed by atoms with Crippen molar-refractivity contribution in [1.29, 1.82) is 5.26 Å². The summed E-state index contributed by atoms with van der Waals surface area (Å²) >= 11 is 6.91. The standard InChI is InChI=1S/C32H55ClN6O3/c1-2-41-30-18-27-25(17-28(30)38-31(40)9-7-15-39-13-5-6-14-39)32(22(19-34)20-36-27)37-23-10-11-29(26(33)16-23)42-21-24-8-3-4-12-35-24/h22-30,32,35-37H,2-18,20-21H2,1H3,(H,38,40). The molecule has 0 aromatic carbocycles. The second-order valence-corrected chi connectivity index (χ2v) is 14.0. The lowest BCUT2D eigenvalue weighted by Crippen LogP contribution is -2.66. The van der Waals surface area contributed by atoms with Crippen molar-refractivity contribution in [2.24, 2.45) is 11.8 Å². The highest BCUT2D eigenvalue weighted by Gasteiger charge is 2.47. The number of nitrogens with one attached hydrogen (secondary N) is 4. The molecule has 0 aromatic rings.